The number of aromatic nitrogens is 1. The van der Waals surface area contributed by atoms with Crippen LogP contribution < -0.4 is 14.2 Å². The summed E-state index contributed by atoms with van der Waals surface area (Å²) in [6.07, 6.45) is 1.54. The van der Waals surface area contributed by atoms with E-state index in [1.807, 2.05) is 6.92 Å². The van der Waals surface area contributed by atoms with Gasteiger partial charge in [0, 0.05) is 6.20 Å². The van der Waals surface area contributed by atoms with Gasteiger partial charge in [0.2, 0.25) is 0 Å². The van der Waals surface area contributed by atoms with E-state index in [-0.39, 0.29) is 17.2 Å². The van der Waals surface area contributed by atoms with Gasteiger partial charge in [-0.25, -0.2) is 9.78 Å². The molecule has 0 spiro atoms. The van der Waals surface area contributed by atoms with Gasteiger partial charge in [-0.15, -0.1) is 0 Å². The Bertz CT molecular complexity index is 642. The molecule has 0 saturated heterocycles. The molecule has 1 N–H and O–H groups in total. The summed E-state index contributed by atoms with van der Waals surface area (Å²) in [4.78, 5) is 15.4. The maximum absolute atomic E-state index is 11.3. The molecule has 21 heavy (non-hydrogen) atoms. The number of aromatic carboxylic acids is 1. The minimum Gasteiger partial charge on any atom is -0.497 e. The molecule has 2 aromatic rings. The second-order valence-electron chi connectivity index (χ2n) is 4.01. The SMILES string of the molecule is CCOc1cccnc1Oc1ccc(OC)cc1C(=O)O. The number of nitrogens with zero attached hydrogens (tertiary/aromatic N) is 1. The Kier molecular flexibility index (Phi) is 4.61. The highest BCUT2D eigenvalue weighted by Crippen LogP contribution is 2.32. The summed E-state index contributed by atoms with van der Waals surface area (Å²) < 4.78 is 16.0. The van der Waals surface area contributed by atoms with Crippen LogP contribution in [0.3, 0.4) is 0 Å². The maximum Gasteiger partial charge on any atom is 0.339 e. The fourth-order valence-corrected chi connectivity index (χ4v) is 1.71. The lowest BCUT2D eigenvalue weighted by atomic mass is 10.2. The number of carbonyl (C=O) groups is 1. The van der Waals surface area contributed by atoms with Crippen LogP contribution in [0.25, 0.3) is 0 Å². The Morgan fingerprint density at radius 2 is 2.10 bits per heavy atom. The molecule has 0 aliphatic heterocycles. The predicted octanol–water partition coefficient (Wildman–Crippen LogP) is 2.98. The van der Waals surface area contributed by atoms with E-state index in [1.54, 1.807) is 24.4 Å². The van der Waals surface area contributed by atoms with Gasteiger partial charge in [-0.05, 0) is 37.3 Å². The van der Waals surface area contributed by atoms with E-state index in [9.17, 15) is 9.90 Å². The standard InChI is InChI=1S/C15H15NO5/c1-3-20-13-5-4-8-16-14(13)21-12-7-6-10(19-2)9-11(12)15(17)18/h4-9H,3H2,1-2H3,(H,17,18). The Labute approximate surface area is 121 Å². The molecular weight excluding hydrogens is 274 g/mol. The molecule has 0 saturated carbocycles. The summed E-state index contributed by atoms with van der Waals surface area (Å²) in [7, 11) is 1.47. The fourth-order valence-electron chi connectivity index (χ4n) is 1.71. The first-order valence-corrected chi connectivity index (χ1v) is 6.32. The number of hydrogen-bond donors (Lipinski definition) is 1. The van der Waals surface area contributed by atoms with Gasteiger partial charge < -0.3 is 19.3 Å². The van der Waals surface area contributed by atoms with Crippen LogP contribution in [-0.2, 0) is 0 Å². The van der Waals surface area contributed by atoms with Gasteiger partial charge in [0.25, 0.3) is 5.88 Å². The molecule has 1 aromatic heterocycles. The highest BCUT2D eigenvalue weighted by molar-refractivity contribution is 5.91. The van der Waals surface area contributed by atoms with Gasteiger partial charge in [-0.1, -0.05) is 0 Å². The van der Waals surface area contributed by atoms with Crippen LogP contribution in [0.2, 0.25) is 0 Å². The molecular formula is C15H15NO5. The molecule has 0 bridgehead atoms. The molecule has 6 heteroatoms. The number of ether oxygens (including phenoxy) is 3. The lowest BCUT2D eigenvalue weighted by molar-refractivity contribution is 0.0693. The van der Waals surface area contributed by atoms with Gasteiger partial charge in [0.15, 0.2) is 5.75 Å². The molecule has 6 nitrogen and oxygen atoms in total. The van der Waals surface area contributed by atoms with Crippen molar-refractivity contribution >= 4 is 5.97 Å². The van der Waals surface area contributed by atoms with Crippen LogP contribution in [-0.4, -0.2) is 29.8 Å². The summed E-state index contributed by atoms with van der Waals surface area (Å²) >= 11 is 0. The average molecular weight is 289 g/mol. The van der Waals surface area contributed by atoms with Crippen LogP contribution in [0, 0.1) is 0 Å². The summed E-state index contributed by atoms with van der Waals surface area (Å²) in [5.41, 5.74) is -0.0116. The number of carboxylic acids is 1. The quantitative estimate of drug-likeness (QED) is 0.880. The van der Waals surface area contributed by atoms with Gasteiger partial charge >= 0.3 is 5.97 Å². The minimum absolute atomic E-state index is 0.0116. The molecule has 0 amide bonds. The molecule has 0 radical (unpaired) electrons. The summed E-state index contributed by atoms with van der Waals surface area (Å²) in [6, 6.07) is 7.94. The van der Waals surface area contributed by atoms with Crippen LogP contribution in [0.15, 0.2) is 36.5 Å². The van der Waals surface area contributed by atoms with E-state index in [0.717, 1.165) is 0 Å². The van der Waals surface area contributed by atoms with E-state index in [1.165, 1.54) is 19.2 Å². The van der Waals surface area contributed by atoms with Crippen molar-refractivity contribution in [2.24, 2.45) is 0 Å². The van der Waals surface area contributed by atoms with Gasteiger partial charge in [-0.2, -0.15) is 0 Å². The largest absolute Gasteiger partial charge is 0.497 e. The molecule has 0 aliphatic carbocycles. The number of pyridine rings is 1. The second-order valence-corrected chi connectivity index (χ2v) is 4.01. The zero-order valence-corrected chi connectivity index (χ0v) is 11.7. The highest BCUT2D eigenvalue weighted by atomic mass is 16.5. The number of carboxylic acid groups (broad SMARTS) is 1. The Morgan fingerprint density at radius 1 is 1.29 bits per heavy atom. The molecule has 0 fully saturated rings. The highest BCUT2D eigenvalue weighted by Gasteiger charge is 2.16. The Balaban J connectivity index is 2.37. The lowest BCUT2D eigenvalue weighted by Crippen LogP contribution is -2.02. The van der Waals surface area contributed by atoms with Crippen molar-refractivity contribution < 1.29 is 24.1 Å². The molecule has 0 aliphatic rings. The van der Waals surface area contributed by atoms with Gasteiger partial charge in [-0.3, -0.25) is 0 Å². The predicted molar refractivity (Wildman–Crippen MR) is 75.4 cm³/mol. The fraction of sp³-hybridized carbons (Fsp3) is 0.200. The van der Waals surface area contributed by atoms with Crippen molar-refractivity contribution in [2.45, 2.75) is 6.92 Å². The van der Waals surface area contributed by atoms with Crippen molar-refractivity contribution in [3.63, 3.8) is 0 Å². The van der Waals surface area contributed by atoms with E-state index in [2.05, 4.69) is 4.98 Å². The first kappa shape index (κ1) is 14.6. The third-order valence-corrected chi connectivity index (χ3v) is 2.66. The van der Waals surface area contributed by atoms with E-state index in [4.69, 9.17) is 14.2 Å². The Hall–Kier alpha value is -2.76. The monoisotopic (exact) mass is 289 g/mol. The molecule has 1 heterocycles. The normalized spacial score (nSPS) is 10.0. The van der Waals surface area contributed by atoms with Crippen LogP contribution in [0.5, 0.6) is 23.1 Å². The van der Waals surface area contributed by atoms with E-state index < -0.39 is 5.97 Å². The molecule has 0 atom stereocenters. The van der Waals surface area contributed by atoms with Crippen molar-refractivity contribution in [2.75, 3.05) is 13.7 Å². The second kappa shape index (κ2) is 6.60. The third kappa shape index (κ3) is 3.42. The average Bonchev–Trinajstić information content (AvgIpc) is 2.49. The molecule has 1 aromatic carbocycles. The topological polar surface area (TPSA) is 77.9 Å². The van der Waals surface area contributed by atoms with Gasteiger partial charge in [0.1, 0.15) is 17.1 Å². The summed E-state index contributed by atoms with van der Waals surface area (Å²) in [5, 5.41) is 9.25. The Morgan fingerprint density at radius 3 is 2.76 bits per heavy atom. The molecule has 110 valence electrons. The van der Waals surface area contributed by atoms with Crippen molar-refractivity contribution in [3.8, 4) is 23.1 Å². The number of rotatable bonds is 6. The summed E-state index contributed by atoms with van der Waals surface area (Å²) in [5.74, 6) is 0.158. The van der Waals surface area contributed by atoms with Crippen molar-refractivity contribution in [3.05, 3.63) is 42.1 Å². The van der Waals surface area contributed by atoms with Crippen molar-refractivity contribution in [1.29, 1.82) is 0 Å². The maximum atomic E-state index is 11.3. The first-order chi connectivity index (χ1) is 10.2. The van der Waals surface area contributed by atoms with E-state index >= 15 is 0 Å². The van der Waals surface area contributed by atoms with Crippen LogP contribution in [0.1, 0.15) is 17.3 Å². The number of methoxy groups -OCH3 is 1. The molecule has 0 unspecified atom stereocenters. The van der Waals surface area contributed by atoms with E-state index in [0.29, 0.717) is 18.1 Å². The van der Waals surface area contributed by atoms with Gasteiger partial charge in [0.05, 0.1) is 13.7 Å². The summed E-state index contributed by atoms with van der Waals surface area (Å²) in [6.45, 7) is 2.29. The number of benzene rings is 1. The zero-order valence-electron chi connectivity index (χ0n) is 11.7. The van der Waals surface area contributed by atoms with Crippen LogP contribution in [0.4, 0.5) is 0 Å². The zero-order chi connectivity index (χ0) is 15.2. The van der Waals surface area contributed by atoms with Crippen molar-refractivity contribution in [1.82, 2.24) is 4.98 Å². The lowest BCUT2D eigenvalue weighted by Gasteiger charge is -2.12. The number of hydrogen-bond acceptors (Lipinski definition) is 5. The third-order valence-electron chi connectivity index (χ3n) is 2.66. The smallest absolute Gasteiger partial charge is 0.339 e. The van der Waals surface area contributed by atoms with Crippen LogP contribution >= 0.6 is 0 Å². The molecule has 2 rings (SSSR count). The minimum atomic E-state index is -1.11. The first-order valence-electron chi connectivity index (χ1n) is 6.32.